The van der Waals surface area contributed by atoms with Crippen LogP contribution in [0.2, 0.25) is 0 Å². The van der Waals surface area contributed by atoms with Gasteiger partial charge in [-0.1, -0.05) is 25.3 Å². The number of hydrogen-bond acceptors (Lipinski definition) is 5. The maximum absolute atomic E-state index is 10.4. The quantitative estimate of drug-likeness (QED) is 0.886. The molecule has 0 spiro atoms. The van der Waals surface area contributed by atoms with Gasteiger partial charge >= 0.3 is 0 Å². The molecule has 5 heteroatoms. The Balaban J connectivity index is 1.51. The molecule has 0 aliphatic heterocycles. The van der Waals surface area contributed by atoms with Crippen molar-refractivity contribution in [2.24, 2.45) is 0 Å². The van der Waals surface area contributed by atoms with Crippen LogP contribution in [0, 0.1) is 0 Å². The Morgan fingerprint density at radius 1 is 1.25 bits per heavy atom. The first kappa shape index (κ1) is 14.2. The molecule has 2 aromatic rings. The van der Waals surface area contributed by atoms with E-state index < -0.39 is 5.60 Å². The zero-order valence-electron chi connectivity index (χ0n) is 11.5. The molecule has 108 valence electrons. The van der Waals surface area contributed by atoms with Crippen LogP contribution in [-0.4, -0.2) is 22.2 Å². The van der Waals surface area contributed by atoms with E-state index in [1.54, 1.807) is 22.7 Å². The molecule has 1 saturated carbocycles. The van der Waals surface area contributed by atoms with E-state index >= 15 is 0 Å². The number of thiazole rings is 1. The highest BCUT2D eigenvalue weighted by molar-refractivity contribution is 7.20. The summed E-state index contributed by atoms with van der Waals surface area (Å²) < 4.78 is 0. The monoisotopic (exact) mass is 308 g/mol. The van der Waals surface area contributed by atoms with Gasteiger partial charge in [0.1, 0.15) is 5.01 Å². The molecule has 0 amide bonds. The summed E-state index contributed by atoms with van der Waals surface area (Å²) >= 11 is 3.41. The number of rotatable bonds is 5. The van der Waals surface area contributed by atoms with Gasteiger partial charge in [0.15, 0.2) is 0 Å². The van der Waals surface area contributed by atoms with Crippen molar-refractivity contribution in [1.29, 1.82) is 0 Å². The van der Waals surface area contributed by atoms with Gasteiger partial charge in [0, 0.05) is 18.5 Å². The van der Waals surface area contributed by atoms with Gasteiger partial charge in [-0.15, -0.1) is 22.7 Å². The number of nitrogens with one attached hydrogen (secondary N) is 1. The van der Waals surface area contributed by atoms with Crippen LogP contribution in [0.3, 0.4) is 0 Å². The molecule has 1 aliphatic rings. The minimum absolute atomic E-state index is 0.495. The van der Waals surface area contributed by atoms with Crippen LogP contribution in [0.1, 0.15) is 37.8 Å². The molecule has 2 heterocycles. The first-order valence-corrected chi connectivity index (χ1v) is 8.93. The third-order valence-electron chi connectivity index (χ3n) is 3.83. The number of aliphatic hydroxyl groups is 1. The molecule has 1 aliphatic carbocycles. The van der Waals surface area contributed by atoms with Crippen molar-refractivity contribution in [3.8, 4) is 9.88 Å². The lowest BCUT2D eigenvalue weighted by Crippen LogP contribution is -2.41. The van der Waals surface area contributed by atoms with Crippen molar-refractivity contribution < 1.29 is 5.11 Å². The van der Waals surface area contributed by atoms with Gasteiger partial charge in [-0.05, 0) is 24.3 Å². The van der Waals surface area contributed by atoms with Crippen LogP contribution in [-0.2, 0) is 6.54 Å². The van der Waals surface area contributed by atoms with Gasteiger partial charge in [0.2, 0.25) is 0 Å². The molecular formula is C15H20N2OS2. The SMILES string of the molecule is OC1(CNCc2csc(-c3cccs3)n2)CCCCC1. The third-order valence-corrected chi connectivity index (χ3v) is 5.76. The zero-order valence-corrected chi connectivity index (χ0v) is 13.1. The molecule has 3 rings (SSSR count). The topological polar surface area (TPSA) is 45.1 Å². The summed E-state index contributed by atoms with van der Waals surface area (Å²) in [7, 11) is 0. The highest BCUT2D eigenvalue weighted by Gasteiger charge is 2.28. The predicted molar refractivity (Wildman–Crippen MR) is 85.2 cm³/mol. The summed E-state index contributed by atoms with van der Waals surface area (Å²) in [4.78, 5) is 5.87. The minimum Gasteiger partial charge on any atom is -0.389 e. The highest BCUT2D eigenvalue weighted by atomic mass is 32.1. The lowest BCUT2D eigenvalue weighted by atomic mass is 9.85. The van der Waals surface area contributed by atoms with Crippen LogP contribution in [0.4, 0.5) is 0 Å². The molecule has 1 fully saturated rings. The van der Waals surface area contributed by atoms with E-state index in [0.717, 1.165) is 42.9 Å². The third kappa shape index (κ3) is 3.47. The second kappa shape index (κ2) is 6.35. The van der Waals surface area contributed by atoms with E-state index in [4.69, 9.17) is 0 Å². The summed E-state index contributed by atoms with van der Waals surface area (Å²) in [6, 6.07) is 4.16. The van der Waals surface area contributed by atoms with E-state index in [1.165, 1.54) is 11.3 Å². The van der Waals surface area contributed by atoms with Crippen LogP contribution < -0.4 is 5.32 Å². The second-order valence-electron chi connectivity index (χ2n) is 5.51. The summed E-state index contributed by atoms with van der Waals surface area (Å²) in [5.41, 5.74) is 0.572. The Morgan fingerprint density at radius 3 is 2.85 bits per heavy atom. The molecule has 0 saturated heterocycles. The Hall–Kier alpha value is -0.750. The molecule has 2 aromatic heterocycles. The largest absolute Gasteiger partial charge is 0.389 e. The van der Waals surface area contributed by atoms with Gasteiger partial charge in [-0.25, -0.2) is 4.98 Å². The van der Waals surface area contributed by atoms with Crippen LogP contribution in [0.15, 0.2) is 22.9 Å². The van der Waals surface area contributed by atoms with Gasteiger partial charge < -0.3 is 10.4 Å². The van der Waals surface area contributed by atoms with E-state index in [0.29, 0.717) is 6.54 Å². The number of nitrogens with zero attached hydrogens (tertiary/aromatic N) is 1. The van der Waals surface area contributed by atoms with Crippen molar-refractivity contribution in [2.75, 3.05) is 6.54 Å². The lowest BCUT2D eigenvalue weighted by Gasteiger charge is -2.32. The molecule has 0 aromatic carbocycles. The van der Waals surface area contributed by atoms with Crippen LogP contribution in [0.5, 0.6) is 0 Å². The zero-order chi connectivity index (χ0) is 13.8. The van der Waals surface area contributed by atoms with Crippen molar-refractivity contribution in [1.82, 2.24) is 10.3 Å². The smallest absolute Gasteiger partial charge is 0.133 e. The van der Waals surface area contributed by atoms with Gasteiger partial charge in [0.05, 0.1) is 16.2 Å². The van der Waals surface area contributed by atoms with E-state index in [-0.39, 0.29) is 0 Å². The van der Waals surface area contributed by atoms with E-state index in [9.17, 15) is 5.11 Å². The Bertz CT molecular complexity index is 530. The van der Waals surface area contributed by atoms with Gasteiger partial charge in [0.25, 0.3) is 0 Å². The summed E-state index contributed by atoms with van der Waals surface area (Å²) in [6.07, 6.45) is 5.42. The number of thiophene rings is 1. The second-order valence-corrected chi connectivity index (χ2v) is 7.32. The Labute approximate surface area is 127 Å². The van der Waals surface area contributed by atoms with Gasteiger partial charge in [-0.3, -0.25) is 0 Å². The first-order chi connectivity index (χ1) is 9.75. The molecule has 0 unspecified atom stereocenters. The fourth-order valence-electron chi connectivity index (χ4n) is 2.71. The molecule has 0 atom stereocenters. The fraction of sp³-hybridized carbons (Fsp3) is 0.533. The van der Waals surface area contributed by atoms with Crippen molar-refractivity contribution in [2.45, 2.75) is 44.2 Å². The summed E-state index contributed by atoms with van der Waals surface area (Å²) in [6.45, 7) is 1.42. The standard InChI is InChI=1S/C15H20N2OS2/c18-15(6-2-1-3-7-15)11-16-9-12-10-20-14(17-12)13-5-4-8-19-13/h4-5,8,10,16,18H,1-3,6-7,9,11H2. The predicted octanol–water partition coefficient (Wildman–Crippen LogP) is 3.66. The van der Waals surface area contributed by atoms with E-state index in [1.807, 2.05) is 0 Å². The normalized spacial score (nSPS) is 18.2. The van der Waals surface area contributed by atoms with Crippen molar-refractivity contribution in [3.63, 3.8) is 0 Å². The Morgan fingerprint density at radius 2 is 2.10 bits per heavy atom. The van der Waals surface area contributed by atoms with Gasteiger partial charge in [-0.2, -0.15) is 0 Å². The molecule has 0 radical (unpaired) electrons. The van der Waals surface area contributed by atoms with Crippen molar-refractivity contribution in [3.05, 3.63) is 28.6 Å². The summed E-state index contributed by atoms with van der Waals surface area (Å²) in [5, 5.41) is 19.1. The fourth-order valence-corrected chi connectivity index (χ4v) is 4.35. The van der Waals surface area contributed by atoms with Crippen LogP contribution in [0.25, 0.3) is 9.88 Å². The van der Waals surface area contributed by atoms with Crippen LogP contribution >= 0.6 is 22.7 Å². The maximum atomic E-state index is 10.4. The Kier molecular flexibility index (Phi) is 4.51. The summed E-state index contributed by atoms with van der Waals surface area (Å²) in [5.74, 6) is 0. The minimum atomic E-state index is -0.495. The maximum Gasteiger partial charge on any atom is 0.133 e. The molecule has 2 N–H and O–H groups in total. The molecule has 3 nitrogen and oxygen atoms in total. The molecule has 20 heavy (non-hydrogen) atoms. The molecule has 0 bridgehead atoms. The average molecular weight is 308 g/mol. The average Bonchev–Trinajstić information content (AvgIpc) is 3.09. The number of hydrogen-bond donors (Lipinski definition) is 2. The van der Waals surface area contributed by atoms with Crippen molar-refractivity contribution >= 4 is 22.7 Å². The highest BCUT2D eigenvalue weighted by Crippen LogP contribution is 2.29. The first-order valence-electron chi connectivity index (χ1n) is 7.17. The van der Waals surface area contributed by atoms with E-state index in [2.05, 4.69) is 33.2 Å². The lowest BCUT2D eigenvalue weighted by molar-refractivity contribution is 0.00463. The number of aromatic nitrogens is 1. The molecular weight excluding hydrogens is 288 g/mol.